The highest BCUT2D eigenvalue weighted by molar-refractivity contribution is 9.10. The second-order valence-electron chi connectivity index (χ2n) is 3.20. The Kier molecular flexibility index (Phi) is 3.43. The highest BCUT2D eigenvalue weighted by atomic mass is 79.9. The Morgan fingerprint density at radius 2 is 2.12 bits per heavy atom. The number of hydrogen-bond donors (Lipinski definition) is 1. The van der Waals surface area contributed by atoms with Gasteiger partial charge < -0.3 is 5.32 Å². The van der Waals surface area contributed by atoms with E-state index in [-0.39, 0.29) is 5.56 Å². The van der Waals surface area contributed by atoms with Gasteiger partial charge in [-0.15, -0.1) is 0 Å². The van der Waals surface area contributed by atoms with Crippen LogP contribution in [0.15, 0.2) is 41.4 Å². The molecule has 0 fully saturated rings. The molecule has 1 amide bonds. The number of aromatic nitrogens is 2. The Morgan fingerprint density at radius 1 is 1.29 bits per heavy atom. The van der Waals surface area contributed by atoms with Gasteiger partial charge in [-0.3, -0.25) is 14.8 Å². The van der Waals surface area contributed by atoms with Crippen molar-refractivity contribution in [2.24, 2.45) is 0 Å². The van der Waals surface area contributed by atoms with Gasteiger partial charge in [-0.25, -0.2) is 4.39 Å². The zero-order chi connectivity index (χ0) is 12.3. The summed E-state index contributed by atoms with van der Waals surface area (Å²) in [5.74, 6) is -0.977. The molecule has 2 aromatic rings. The maximum Gasteiger partial charge on any atom is 0.257 e. The number of carbonyl (C=O) groups excluding carboxylic acids is 1. The fourth-order valence-electron chi connectivity index (χ4n) is 1.21. The number of hydrogen-bond acceptors (Lipinski definition) is 3. The van der Waals surface area contributed by atoms with Gasteiger partial charge in [0.05, 0.1) is 21.9 Å². The van der Waals surface area contributed by atoms with E-state index in [1.165, 1.54) is 6.20 Å². The fraction of sp³-hybridized carbons (Fsp3) is 0. The van der Waals surface area contributed by atoms with Crippen molar-refractivity contribution in [3.8, 4) is 0 Å². The zero-order valence-electron chi connectivity index (χ0n) is 8.52. The predicted molar refractivity (Wildman–Crippen MR) is 64.1 cm³/mol. The molecule has 0 aliphatic carbocycles. The minimum absolute atomic E-state index is 0.161. The smallest absolute Gasteiger partial charge is 0.257 e. The first-order chi connectivity index (χ1) is 8.16. The first-order valence-electron chi connectivity index (χ1n) is 4.68. The third-order valence-electron chi connectivity index (χ3n) is 1.99. The summed E-state index contributed by atoms with van der Waals surface area (Å²) < 4.78 is 13.5. The number of rotatable bonds is 2. The van der Waals surface area contributed by atoms with E-state index in [1.807, 2.05) is 0 Å². The summed E-state index contributed by atoms with van der Waals surface area (Å²) in [5, 5.41) is 2.62. The molecule has 0 bridgehead atoms. The van der Waals surface area contributed by atoms with Crippen LogP contribution in [0.25, 0.3) is 0 Å². The largest absolute Gasteiger partial charge is 0.321 e. The van der Waals surface area contributed by atoms with E-state index in [4.69, 9.17) is 0 Å². The van der Waals surface area contributed by atoms with Crippen molar-refractivity contribution in [2.45, 2.75) is 0 Å². The summed E-state index contributed by atoms with van der Waals surface area (Å²) in [6.45, 7) is 0. The first-order valence-corrected chi connectivity index (χ1v) is 5.47. The molecule has 2 rings (SSSR count). The lowest BCUT2D eigenvalue weighted by Gasteiger charge is -2.06. The summed E-state index contributed by atoms with van der Waals surface area (Å²) in [7, 11) is 0. The van der Waals surface area contributed by atoms with Gasteiger partial charge in [-0.1, -0.05) is 0 Å². The van der Waals surface area contributed by atoms with Crippen LogP contribution in [0.4, 0.5) is 10.1 Å². The third kappa shape index (κ3) is 2.85. The van der Waals surface area contributed by atoms with Crippen molar-refractivity contribution in [2.75, 3.05) is 5.32 Å². The van der Waals surface area contributed by atoms with Gasteiger partial charge in [0.15, 0.2) is 0 Å². The molecular weight excluding hydrogens is 289 g/mol. The molecule has 0 atom stereocenters. The quantitative estimate of drug-likeness (QED) is 0.927. The highest BCUT2D eigenvalue weighted by Gasteiger charge is 2.09. The molecule has 0 aliphatic rings. The standard InChI is InChI=1S/C11H7BrFN3O/c12-9-6-14-2-1-10(9)16-11(17)7-3-8(13)5-15-4-7/h1-6H,(H,14,16,17). The molecule has 0 saturated carbocycles. The van der Waals surface area contributed by atoms with Crippen LogP contribution >= 0.6 is 15.9 Å². The van der Waals surface area contributed by atoms with Gasteiger partial charge in [0.2, 0.25) is 0 Å². The maximum atomic E-state index is 12.9. The molecule has 0 spiro atoms. The second kappa shape index (κ2) is 5.01. The minimum atomic E-state index is -0.550. The molecule has 0 aromatic carbocycles. The Balaban J connectivity index is 2.20. The van der Waals surface area contributed by atoms with Crippen LogP contribution in [0.1, 0.15) is 10.4 Å². The lowest BCUT2D eigenvalue weighted by Crippen LogP contribution is -2.12. The van der Waals surface area contributed by atoms with Gasteiger partial charge >= 0.3 is 0 Å². The van der Waals surface area contributed by atoms with Crippen molar-refractivity contribution >= 4 is 27.5 Å². The molecule has 17 heavy (non-hydrogen) atoms. The van der Waals surface area contributed by atoms with Crippen LogP contribution in [-0.2, 0) is 0 Å². The SMILES string of the molecule is O=C(Nc1ccncc1Br)c1cncc(F)c1. The van der Waals surface area contributed by atoms with Gasteiger partial charge in [-0.2, -0.15) is 0 Å². The molecule has 6 heteroatoms. The second-order valence-corrected chi connectivity index (χ2v) is 4.06. The molecule has 0 radical (unpaired) electrons. The molecule has 4 nitrogen and oxygen atoms in total. The van der Waals surface area contributed by atoms with E-state index < -0.39 is 11.7 Å². The fourth-order valence-corrected chi connectivity index (χ4v) is 1.56. The van der Waals surface area contributed by atoms with Gasteiger partial charge in [-0.05, 0) is 28.1 Å². The minimum Gasteiger partial charge on any atom is -0.321 e. The highest BCUT2D eigenvalue weighted by Crippen LogP contribution is 2.20. The van der Waals surface area contributed by atoms with Crippen molar-refractivity contribution in [3.63, 3.8) is 0 Å². The summed E-state index contributed by atoms with van der Waals surface area (Å²) in [4.78, 5) is 19.2. The Morgan fingerprint density at radius 3 is 2.82 bits per heavy atom. The van der Waals surface area contributed by atoms with E-state index in [1.54, 1.807) is 18.5 Å². The van der Waals surface area contributed by atoms with Crippen molar-refractivity contribution in [1.82, 2.24) is 9.97 Å². The van der Waals surface area contributed by atoms with Gasteiger partial charge in [0, 0.05) is 18.6 Å². The zero-order valence-corrected chi connectivity index (χ0v) is 10.1. The van der Waals surface area contributed by atoms with Crippen LogP contribution in [-0.4, -0.2) is 15.9 Å². The molecule has 0 unspecified atom stereocenters. The molecule has 2 aromatic heterocycles. The average molecular weight is 296 g/mol. The number of halogens is 2. The molecule has 2 heterocycles. The summed E-state index contributed by atoms with van der Waals surface area (Å²) >= 11 is 3.24. The summed E-state index contributed by atoms with van der Waals surface area (Å²) in [5.41, 5.74) is 0.725. The molecule has 86 valence electrons. The number of pyridine rings is 2. The molecular formula is C11H7BrFN3O. The number of amides is 1. The average Bonchev–Trinajstić information content (AvgIpc) is 2.32. The number of nitrogens with one attached hydrogen (secondary N) is 1. The van der Waals surface area contributed by atoms with E-state index >= 15 is 0 Å². The Bertz CT molecular complexity index is 562. The predicted octanol–water partition coefficient (Wildman–Crippen LogP) is 2.63. The summed E-state index contributed by atoms with van der Waals surface area (Å²) in [6.07, 6.45) is 5.44. The number of nitrogens with zero attached hydrogens (tertiary/aromatic N) is 2. The monoisotopic (exact) mass is 295 g/mol. The lowest BCUT2D eigenvalue weighted by molar-refractivity contribution is 0.102. The lowest BCUT2D eigenvalue weighted by atomic mass is 10.2. The molecule has 0 saturated heterocycles. The topological polar surface area (TPSA) is 54.9 Å². The van der Waals surface area contributed by atoms with Crippen LogP contribution in [0.2, 0.25) is 0 Å². The van der Waals surface area contributed by atoms with E-state index in [9.17, 15) is 9.18 Å². The van der Waals surface area contributed by atoms with Crippen LogP contribution < -0.4 is 5.32 Å². The Labute approximate surface area is 105 Å². The number of anilines is 1. The third-order valence-corrected chi connectivity index (χ3v) is 2.62. The molecule has 0 aliphatic heterocycles. The van der Waals surface area contributed by atoms with Crippen molar-refractivity contribution < 1.29 is 9.18 Å². The number of carbonyl (C=O) groups is 1. The van der Waals surface area contributed by atoms with Crippen LogP contribution in [0, 0.1) is 5.82 Å². The summed E-state index contributed by atoms with van der Waals surface area (Å²) in [6, 6.07) is 2.76. The van der Waals surface area contributed by atoms with E-state index in [2.05, 4.69) is 31.2 Å². The van der Waals surface area contributed by atoms with Crippen molar-refractivity contribution in [1.29, 1.82) is 0 Å². The normalized spacial score (nSPS) is 10.0. The van der Waals surface area contributed by atoms with Crippen molar-refractivity contribution in [3.05, 3.63) is 52.8 Å². The van der Waals surface area contributed by atoms with Gasteiger partial charge in [0.25, 0.3) is 5.91 Å². The molecule has 1 N–H and O–H groups in total. The van der Waals surface area contributed by atoms with E-state index in [0.29, 0.717) is 10.2 Å². The maximum absolute atomic E-state index is 12.9. The van der Waals surface area contributed by atoms with Crippen LogP contribution in [0.5, 0.6) is 0 Å². The van der Waals surface area contributed by atoms with Gasteiger partial charge in [0.1, 0.15) is 5.82 Å². The van der Waals surface area contributed by atoms with E-state index in [0.717, 1.165) is 12.3 Å². The van der Waals surface area contributed by atoms with Crippen LogP contribution in [0.3, 0.4) is 0 Å². The first kappa shape index (κ1) is 11.7. The Hall–Kier alpha value is -1.82.